The maximum absolute atomic E-state index is 6.86. The van der Waals surface area contributed by atoms with Crippen molar-refractivity contribution in [2.45, 2.75) is 19.6 Å². The van der Waals surface area contributed by atoms with E-state index in [-0.39, 0.29) is 8.80 Å². The van der Waals surface area contributed by atoms with Crippen LogP contribution >= 0.6 is 0 Å². The largest absolute Gasteiger partial charge is 0.108 e. The van der Waals surface area contributed by atoms with Crippen LogP contribution in [0.25, 0.3) is 10.4 Å². The highest BCUT2D eigenvalue weighted by molar-refractivity contribution is 6.54. The molecule has 0 atom stereocenters. The van der Waals surface area contributed by atoms with Gasteiger partial charge in [-0.05, 0) is 10.4 Å². The average molecular weight is 117 g/mol. The first kappa shape index (κ1) is 9.73. The normalized spacial score (nSPS) is 6.29. The van der Waals surface area contributed by atoms with Gasteiger partial charge in [0.15, 0.2) is 0 Å². The molecule has 0 rings (SSSR count). The fourth-order valence-electron chi connectivity index (χ4n) is 0. The summed E-state index contributed by atoms with van der Waals surface area (Å²) >= 11 is 0. The Morgan fingerprint density at radius 2 is 1.43 bits per heavy atom. The van der Waals surface area contributed by atoms with E-state index < -0.39 is 0 Å². The second-order valence-electron chi connectivity index (χ2n) is 1.83. The molecule has 0 aromatic rings. The van der Waals surface area contributed by atoms with Crippen LogP contribution in [0.1, 0.15) is 0 Å². The third-order valence-electron chi connectivity index (χ3n) is 0. The summed E-state index contributed by atoms with van der Waals surface area (Å²) in [6.07, 6.45) is 0. The van der Waals surface area contributed by atoms with Crippen LogP contribution in [0.15, 0.2) is 0 Å². The van der Waals surface area contributed by atoms with Gasteiger partial charge < -0.3 is 0 Å². The summed E-state index contributed by atoms with van der Waals surface area (Å²) in [5.41, 5.74) is 12.2. The smallest absolute Gasteiger partial charge is 0.0274 e. The van der Waals surface area contributed by atoms with Crippen molar-refractivity contribution in [3.63, 3.8) is 0 Å². The van der Waals surface area contributed by atoms with E-state index in [0.29, 0.717) is 0 Å². The zero-order chi connectivity index (χ0) is 6.28. The minimum absolute atomic E-state index is 0.139. The van der Waals surface area contributed by atoms with Crippen LogP contribution in [-0.2, 0) is 0 Å². The number of hydrogen-bond acceptors (Lipinski definition) is 1. The lowest BCUT2D eigenvalue weighted by molar-refractivity contribution is 1.45. The molecule has 3 nitrogen and oxygen atoms in total. The van der Waals surface area contributed by atoms with Gasteiger partial charge in [-0.25, -0.2) is 0 Å². The number of nitrogens with one attached hydrogen (secondary N) is 1. The zero-order valence-electron chi connectivity index (χ0n) is 4.97. The van der Waals surface area contributed by atoms with Gasteiger partial charge in [0, 0.05) is 8.80 Å². The van der Waals surface area contributed by atoms with Gasteiger partial charge >= 0.3 is 0 Å². The minimum Gasteiger partial charge on any atom is -0.108 e. The molecule has 0 aromatic carbocycles. The molecule has 0 aliphatic rings. The third-order valence-corrected chi connectivity index (χ3v) is 0. The van der Waals surface area contributed by atoms with E-state index >= 15 is 0 Å². The minimum atomic E-state index is -0.139. The molecule has 0 aliphatic carbocycles. The Hall–Kier alpha value is -0.473. The molecular weight excluding hydrogens is 106 g/mol. The fraction of sp³-hybridized carbons (Fsp3) is 1.00. The summed E-state index contributed by atoms with van der Waals surface area (Å²) in [4.78, 5) is 1.75. The van der Waals surface area contributed by atoms with Gasteiger partial charge in [0.2, 0.25) is 0 Å². The summed E-state index contributed by atoms with van der Waals surface area (Å²) in [5, 5.41) is 0. The Balaban J connectivity index is 0. The molecule has 0 unspecified atom stereocenters. The van der Waals surface area contributed by atoms with Crippen molar-refractivity contribution in [1.82, 2.24) is 0 Å². The first-order valence-electron chi connectivity index (χ1n) is 2.16. The van der Waals surface area contributed by atoms with Gasteiger partial charge in [0.25, 0.3) is 0 Å². The predicted octanol–water partition coefficient (Wildman–Crippen LogP) is 1.98. The SMILES string of the molecule is C[SiH](C)C.[N-]=[N+]=N. The molecule has 7 heavy (non-hydrogen) atoms. The van der Waals surface area contributed by atoms with Crippen molar-refractivity contribution < 1.29 is 0 Å². The Kier molecular flexibility index (Phi) is 12.7. The maximum atomic E-state index is 6.86. The van der Waals surface area contributed by atoms with Crippen molar-refractivity contribution >= 4 is 8.80 Å². The van der Waals surface area contributed by atoms with Gasteiger partial charge in [-0.2, -0.15) is 0 Å². The molecule has 4 heteroatoms. The predicted molar refractivity (Wildman–Crippen MR) is 34.2 cm³/mol. The van der Waals surface area contributed by atoms with Crippen LogP contribution in [0.4, 0.5) is 0 Å². The van der Waals surface area contributed by atoms with E-state index in [1.54, 1.807) is 4.91 Å². The molecule has 0 saturated heterocycles. The van der Waals surface area contributed by atoms with Gasteiger partial charge in [-0.15, -0.1) is 5.53 Å². The summed E-state index contributed by atoms with van der Waals surface area (Å²) in [5.74, 6) is 0. The molecule has 0 spiro atoms. The summed E-state index contributed by atoms with van der Waals surface area (Å²) in [6, 6.07) is 0. The molecule has 0 aliphatic heterocycles. The van der Waals surface area contributed by atoms with Crippen molar-refractivity contribution in [1.29, 1.82) is 5.53 Å². The lowest BCUT2D eigenvalue weighted by atomic mass is 11.8. The summed E-state index contributed by atoms with van der Waals surface area (Å²) in [7, 11) is -0.139. The Morgan fingerprint density at radius 1 is 1.43 bits per heavy atom. The zero-order valence-corrected chi connectivity index (χ0v) is 6.13. The van der Waals surface area contributed by atoms with E-state index in [2.05, 4.69) is 19.6 Å². The second-order valence-corrected chi connectivity index (χ2v) is 5.30. The second kappa shape index (κ2) is 9.11. The fourth-order valence-corrected chi connectivity index (χ4v) is 0. The molecule has 0 amide bonds. The lowest BCUT2D eigenvalue weighted by Gasteiger charge is -1.75. The molecular formula is C3H11N3Si. The molecule has 0 radical (unpaired) electrons. The van der Waals surface area contributed by atoms with Gasteiger partial charge in [-0.1, -0.05) is 19.6 Å². The van der Waals surface area contributed by atoms with Crippen LogP contribution in [0.3, 0.4) is 0 Å². The van der Waals surface area contributed by atoms with Crippen LogP contribution in [0, 0.1) is 5.53 Å². The lowest BCUT2D eigenvalue weighted by Crippen LogP contribution is -1.84. The van der Waals surface area contributed by atoms with E-state index in [1.807, 2.05) is 0 Å². The van der Waals surface area contributed by atoms with Gasteiger partial charge in [0.1, 0.15) is 0 Å². The van der Waals surface area contributed by atoms with E-state index in [4.69, 9.17) is 11.1 Å². The number of hydrogen-bond donors (Lipinski definition) is 1. The number of rotatable bonds is 0. The first-order valence-corrected chi connectivity index (χ1v) is 5.62. The first-order chi connectivity index (χ1) is 3.15. The van der Waals surface area contributed by atoms with Crippen LogP contribution < -0.4 is 0 Å². The molecule has 0 saturated carbocycles. The van der Waals surface area contributed by atoms with Crippen LogP contribution in [-0.4, -0.2) is 8.80 Å². The highest BCUT2D eigenvalue weighted by Gasteiger charge is 1.71. The van der Waals surface area contributed by atoms with Gasteiger partial charge in [-0.3, -0.25) is 0 Å². The van der Waals surface area contributed by atoms with Crippen molar-refractivity contribution in [3.05, 3.63) is 10.4 Å². The van der Waals surface area contributed by atoms with E-state index in [0.717, 1.165) is 0 Å². The van der Waals surface area contributed by atoms with E-state index in [1.165, 1.54) is 0 Å². The molecule has 42 valence electrons. The maximum Gasteiger partial charge on any atom is 0.0274 e. The van der Waals surface area contributed by atoms with Crippen LogP contribution in [0.2, 0.25) is 19.6 Å². The molecule has 0 bridgehead atoms. The van der Waals surface area contributed by atoms with Crippen LogP contribution in [0.5, 0.6) is 0 Å². The van der Waals surface area contributed by atoms with Crippen molar-refractivity contribution in [2.24, 2.45) is 0 Å². The molecule has 0 aromatic heterocycles. The topological polar surface area (TPSA) is 60.3 Å². The Bertz CT molecular complexity index is 52.4. The van der Waals surface area contributed by atoms with Crippen molar-refractivity contribution in [2.75, 3.05) is 0 Å². The molecule has 0 fully saturated rings. The van der Waals surface area contributed by atoms with Crippen molar-refractivity contribution in [3.8, 4) is 0 Å². The standard InChI is InChI=1S/C3H10Si.HN3/c1-4(2)3;1-3-2/h4H,1-3H3;1H. The number of nitrogens with zero attached hydrogens (tertiary/aromatic N) is 2. The Morgan fingerprint density at radius 3 is 1.43 bits per heavy atom. The molecule has 0 heterocycles. The highest BCUT2D eigenvalue weighted by Crippen LogP contribution is 1.68. The highest BCUT2D eigenvalue weighted by atomic mass is 28.3. The quantitative estimate of drug-likeness (QED) is 0.218. The summed E-state index contributed by atoms with van der Waals surface area (Å²) < 4.78 is 0. The monoisotopic (exact) mass is 117 g/mol. The summed E-state index contributed by atoms with van der Waals surface area (Å²) in [6.45, 7) is 6.92. The average Bonchev–Trinajstić information content (AvgIpc) is 1.33. The van der Waals surface area contributed by atoms with Gasteiger partial charge in [0.05, 0.1) is 0 Å². The Labute approximate surface area is 45.4 Å². The third kappa shape index (κ3) is 307. The molecule has 1 N–H and O–H groups in total. The van der Waals surface area contributed by atoms with E-state index in [9.17, 15) is 0 Å².